The van der Waals surface area contributed by atoms with Gasteiger partial charge in [0.15, 0.2) is 0 Å². The molecule has 1 aliphatic heterocycles. The first-order valence-electron chi connectivity index (χ1n) is 6.40. The highest BCUT2D eigenvalue weighted by atomic mass is 16.2. The number of benzene rings is 1. The van der Waals surface area contributed by atoms with E-state index in [1.54, 1.807) is 0 Å². The van der Waals surface area contributed by atoms with Crippen LogP contribution >= 0.6 is 0 Å². The zero-order chi connectivity index (χ0) is 14.7. The molecule has 1 aromatic rings. The van der Waals surface area contributed by atoms with E-state index in [-0.39, 0.29) is 30.7 Å². The number of hydrogen-bond acceptors (Lipinski definition) is 4. The van der Waals surface area contributed by atoms with Crippen molar-refractivity contribution in [1.82, 2.24) is 10.2 Å². The highest BCUT2D eigenvalue weighted by Gasteiger charge is 2.37. The first kappa shape index (κ1) is 14.2. The lowest BCUT2D eigenvalue weighted by molar-refractivity contribution is -0.138. The van der Waals surface area contributed by atoms with Crippen molar-refractivity contribution >= 4 is 17.7 Å². The van der Waals surface area contributed by atoms with Crippen LogP contribution in [0.3, 0.4) is 0 Å². The smallest absolute Gasteiger partial charge is 0.252 e. The van der Waals surface area contributed by atoms with Gasteiger partial charge in [0.2, 0.25) is 11.8 Å². The summed E-state index contributed by atoms with van der Waals surface area (Å²) in [5.41, 5.74) is 6.44. The predicted molar refractivity (Wildman–Crippen MR) is 72.6 cm³/mol. The topological polar surface area (TPSA) is 92.5 Å². The van der Waals surface area contributed by atoms with Gasteiger partial charge in [-0.3, -0.25) is 19.3 Å². The van der Waals surface area contributed by atoms with Gasteiger partial charge in [0.25, 0.3) is 5.91 Å². The van der Waals surface area contributed by atoms with E-state index >= 15 is 0 Å². The molecule has 0 saturated carbocycles. The normalized spacial score (nSPS) is 20.1. The molecule has 20 heavy (non-hydrogen) atoms. The SMILES string of the molecule is CN1C(=O)CC(NC(=O)C(CN)c2ccccc2)C1=O. The zero-order valence-electron chi connectivity index (χ0n) is 11.2. The molecule has 1 aliphatic rings. The summed E-state index contributed by atoms with van der Waals surface area (Å²) in [6.07, 6.45) is 0.00710. The number of imide groups is 1. The van der Waals surface area contributed by atoms with Gasteiger partial charge in [-0.25, -0.2) is 0 Å². The molecule has 2 unspecified atom stereocenters. The van der Waals surface area contributed by atoms with Crippen molar-refractivity contribution in [2.24, 2.45) is 5.73 Å². The fraction of sp³-hybridized carbons (Fsp3) is 0.357. The highest BCUT2D eigenvalue weighted by molar-refractivity contribution is 6.06. The van der Waals surface area contributed by atoms with Crippen LogP contribution in [0.5, 0.6) is 0 Å². The van der Waals surface area contributed by atoms with Gasteiger partial charge in [-0.1, -0.05) is 30.3 Å². The molecular weight excluding hydrogens is 258 g/mol. The largest absolute Gasteiger partial charge is 0.343 e. The van der Waals surface area contributed by atoms with Crippen molar-refractivity contribution in [3.8, 4) is 0 Å². The number of amides is 3. The monoisotopic (exact) mass is 275 g/mol. The molecule has 6 heteroatoms. The molecule has 0 aliphatic carbocycles. The van der Waals surface area contributed by atoms with E-state index in [0.717, 1.165) is 10.5 Å². The maximum absolute atomic E-state index is 12.2. The Kier molecular flexibility index (Phi) is 4.14. The van der Waals surface area contributed by atoms with Crippen molar-refractivity contribution in [3.63, 3.8) is 0 Å². The number of likely N-dealkylation sites (tertiary alicyclic amines) is 1. The Morgan fingerprint density at radius 3 is 2.55 bits per heavy atom. The second-order valence-electron chi connectivity index (χ2n) is 4.76. The fourth-order valence-electron chi connectivity index (χ4n) is 2.22. The van der Waals surface area contributed by atoms with Crippen LogP contribution in [-0.2, 0) is 14.4 Å². The van der Waals surface area contributed by atoms with Crippen molar-refractivity contribution in [3.05, 3.63) is 35.9 Å². The van der Waals surface area contributed by atoms with E-state index in [1.807, 2.05) is 30.3 Å². The molecule has 0 radical (unpaired) electrons. The third-order valence-corrected chi connectivity index (χ3v) is 3.45. The second-order valence-corrected chi connectivity index (χ2v) is 4.76. The minimum absolute atomic E-state index is 0.00710. The van der Waals surface area contributed by atoms with Gasteiger partial charge in [-0.05, 0) is 5.56 Å². The number of hydrogen-bond donors (Lipinski definition) is 2. The Hall–Kier alpha value is -2.21. The Morgan fingerprint density at radius 2 is 2.05 bits per heavy atom. The van der Waals surface area contributed by atoms with Crippen LogP contribution in [-0.4, -0.2) is 42.3 Å². The van der Waals surface area contributed by atoms with Gasteiger partial charge < -0.3 is 11.1 Å². The average Bonchev–Trinajstić information content (AvgIpc) is 2.68. The molecule has 106 valence electrons. The number of nitrogens with two attached hydrogens (primary N) is 1. The van der Waals surface area contributed by atoms with Crippen LogP contribution in [0.15, 0.2) is 30.3 Å². The van der Waals surface area contributed by atoms with E-state index in [2.05, 4.69) is 5.32 Å². The minimum Gasteiger partial charge on any atom is -0.343 e. The van der Waals surface area contributed by atoms with Crippen LogP contribution in [0, 0.1) is 0 Å². The average molecular weight is 275 g/mol. The summed E-state index contributed by atoms with van der Waals surface area (Å²) >= 11 is 0. The summed E-state index contributed by atoms with van der Waals surface area (Å²) in [4.78, 5) is 36.4. The first-order valence-corrected chi connectivity index (χ1v) is 6.40. The van der Waals surface area contributed by atoms with Gasteiger partial charge >= 0.3 is 0 Å². The quantitative estimate of drug-likeness (QED) is 0.731. The second kappa shape index (κ2) is 5.83. The van der Waals surface area contributed by atoms with Crippen LogP contribution in [0.4, 0.5) is 0 Å². The summed E-state index contributed by atoms with van der Waals surface area (Å²) in [7, 11) is 1.41. The van der Waals surface area contributed by atoms with E-state index in [9.17, 15) is 14.4 Å². The van der Waals surface area contributed by atoms with E-state index in [0.29, 0.717) is 0 Å². The Bertz CT molecular complexity index is 530. The number of carbonyl (C=O) groups is 3. The van der Waals surface area contributed by atoms with Crippen molar-refractivity contribution < 1.29 is 14.4 Å². The van der Waals surface area contributed by atoms with Crippen molar-refractivity contribution in [1.29, 1.82) is 0 Å². The molecule has 0 spiro atoms. The molecule has 2 rings (SSSR count). The Morgan fingerprint density at radius 1 is 1.40 bits per heavy atom. The minimum atomic E-state index is -0.780. The summed E-state index contributed by atoms with van der Waals surface area (Å²) in [5.74, 6) is -1.53. The molecular formula is C14H17N3O3. The molecule has 1 aromatic carbocycles. The van der Waals surface area contributed by atoms with E-state index < -0.39 is 12.0 Å². The number of likely N-dealkylation sites (N-methyl/N-ethyl adjacent to an activating group) is 1. The molecule has 0 bridgehead atoms. The zero-order valence-corrected chi connectivity index (χ0v) is 11.2. The summed E-state index contributed by atoms with van der Waals surface area (Å²) in [6.45, 7) is 0.139. The molecule has 0 aromatic heterocycles. The van der Waals surface area contributed by atoms with Gasteiger partial charge in [-0.2, -0.15) is 0 Å². The molecule has 1 saturated heterocycles. The molecule has 2 atom stereocenters. The van der Waals surface area contributed by atoms with Crippen LogP contribution in [0.2, 0.25) is 0 Å². The van der Waals surface area contributed by atoms with E-state index in [4.69, 9.17) is 5.73 Å². The van der Waals surface area contributed by atoms with Gasteiger partial charge in [-0.15, -0.1) is 0 Å². The summed E-state index contributed by atoms with van der Waals surface area (Å²) in [5, 5.41) is 2.61. The summed E-state index contributed by atoms with van der Waals surface area (Å²) < 4.78 is 0. The van der Waals surface area contributed by atoms with Crippen LogP contribution in [0.1, 0.15) is 17.9 Å². The molecule has 1 fully saturated rings. The third kappa shape index (κ3) is 2.70. The lowest BCUT2D eigenvalue weighted by atomic mass is 9.98. The third-order valence-electron chi connectivity index (χ3n) is 3.45. The first-order chi connectivity index (χ1) is 9.54. The number of nitrogens with zero attached hydrogens (tertiary/aromatic N) is 1. The molecule has 3 amide bonds. The predicted octanol–water partition coefficient (Wildman–Crippen LogP) is -0.398. The maximum atomic E-state index is 12.2. The standard InChI is InChI=1S/C14H17N3O3/c1-17-12(18)7-11(14(17)20)16-13(19)10(8-15)9-5-3-2-4-6-9/h2-6,10-11H,7-8,15H2,1H3,(H,16,19). The fourth-order valence-corrected chi connectivity index (χ4v) is 2.22. The molecule has 3 N–H and O–H groups in total. The van der Waals surface area contributed by atoms with E-state index in [1.165, 1.54) is 7.05 Å². The lowest BCUT2D eigenvalue weighted by Gasteiger charge is -2.17. The Labute approximate surface area is 116 Å². The van der Waals surface area contributed by atoms with Crippen LogP contribution in [0.25, 0.3) is 0 Å². The summed E-state index contributed by atoms with van der Waals surface area (Å²) in [6, 6.07) is 8.34. The maximum Gasteiger partial charge on any atom is 0.252 e. The lowest BCUT2D eigenvalue weighted by Crippen LogP contribution is -2.44. The Balaban J connectivity index is 2.08. The van der Waals surface area contributed by atoms with Crippen molar-refractivity contribution in [2.75, 3.05) is 13.6 Å². The molecule has 6 nitrogen and oxygen atoms in total. The highest BCUT2D eigenvalue weighted by Crippen LogP contribution is 2.16. The number of nitrogens with one attached hydrogen (secondary N) is 1. The van der Waals surface area contributed by atoms with Crippen molar-refractivity contribution in [2.45, 2.75) is 18.4 Å². The number of rotatable bonds is 4. The van der Waals surface area contributed by atoms with Gasteiger partial charge in [0, 0.05) is 13.6 Å². The molecule has 1 heterocycles. The van der Waals surface area contributed by atoms with Gasteiger partial charge in [0.05, 0.1) is 12.3 Å². The van der Waals surface area contributed by atoms with Gasteiger partial charge in [0.1, 0.15) is 6.04 Å². The van der Waals surface area contributed by atoms with Crippen LogP contribution < -0.4 is 11.1 Å². The number of carbonyl (C=O) groups excluding carboxylic acids is 3.